The van der Waals surface area contributed by atoms with Crippen molar-refractivity contribution in [1.82, 2.24) is 9.97 Å². The summed E-state index contributed by atoms with van der Waals surface area (Å²) in [7, 11) is 0. The summed E-state index contributed by atoms with van der Waals surface area (Å²) in [6, 6.07) is 4.87. The van der Waals surface area contributed by atoms with Gasteiger partial charge < -0.3 is 10.7 Å². The minimum absolute atomic E-state index is 0.00590. The van der Waals surface area contributed by atoms with Crippen molar-refractivity contribution in [3.8, 4) is 0 Å². The van der Waals surface area contributed by atoms with E-state index in [1.807, 2.05) is 19.9 Å². The third-order valence-electron chi connectivity index (χ3n) is 2.70. The molecule has 0 bridgehead atoms. The number of hydrogen-bond donors (Lipinski definition) is 2. The lowest BCUT2D eigenvalue weighted by molar-refractivity contribution is 0.587. The first-order valence-corrected chi connectivity index (χ1v) is 4.99. The van der Waals surface area contributed by atoms with Crippen LogP contribution in [0.2, 0.25) is 0 Å². The Kier molecular flexibility index (Phi) is 2.44. The lowest BCUT2D eigenvalue weighted by Crippen LogP contribution is -2.23. The Balaban J connectivity index is 2.52. The van der Waals surface area contributed by atoms with Crippen LogP contribution in [0, 0.1) is 5.82 Å². The fraction of sp³-hybridized carbons (Fsp3) is 0.364. The highest BCUT2D eigenvalue weighted by Crippen LogP contribution is 2.20. The van der Waals surface area contributed by atoms with Crippen LogP contribution in [-0.4, -0.2) is 16.0 Å². The van der Waals surface area contributed by atoms with Crippen molar-refractivity contribution in [2.24, 2.45) is 5.73 Å². The van der Waals surface area contributed by atoms with Crippen LogP contribution >= 0.6 is 0 Å². The molecule has 0 amide bonds. The number of nitrogens with one attached hydrogen (secondary N) is 1. The molecule has 3 nitrogen and oxygen atoms in total. The zero-order chi connectivity index (χ0) is 11.0. The first-order chi connectivity index (χ1) is 7.09. The summed E-state index contributed by atoms with van der Waals surface area (Å²) >= 11 is 0. The van der Waals surface area contributed by atoms with Crippen LogP contribution in [0.15, 0.2) is 18.2 Å². The second kappa shape index (κ2) is 3.62. The van der Waals surface area contributed by atoms with Gasteiger partial charge in [0.25, 0.3) is 0 Å². The summed E-state index contributed by atoms with van der Waals surface area (Å²) in [5.41, 5.74) is 6.88. The standard InChI is InChI=1S/C11H14FN3/c1-6(7(2)13)11-14-9-5-3-4-8(12)10(9)15-11/h3-7H,13H2,1-2H3,(H,14,15). The van der Waals surface area contributed by atoms with Gasteiger partial charge in [0.1, 0.15) is 11.3 Å². The molecule has 2 rings (SSSR count). The van der Waals surface area contributed by atoms with Crippen LogP contribution in [-0.2, 0) is 0 Å². The fourth-order valence-corrected chi connectivity index (χ4v) is 1.48. The maximum atomic E-state index is 13.4. The molecule has 2 atom stereocenters. The second-order valence-corrected chi connectivity index (χ2v) is 3.91. The monoisotopic (exact) mass is 207 g/mol. The smallest absolute Gasteiger partial charge is 0.151 e. The highest BCUT2D eigenvalue weighted by Gasteiger charge is 2.15. The molecule has 0 spiro atoms. The molecule has 0 saturated carbocycles. The summed E-state index contributed by atoms with van der Waals surface area (Å²) in [5, 5.41) is 0. The topological polar surface area (TPSA) is 54.7 Å². The van der Waals surface area contributed by atoms with Crippen molar-refractivity contribution >= 4 is 11.0 Å². The third kappa shape index (κ3) is 1.72. The Hall–Kier alpha value is -1.42. The maximum absolute atomic E-state index is 13.4. The summed E-state index contributed by atoms with van der Waals surface area (Å²) in [5.74, 6) is 0.536. The van der Waals surface area contributed by atoms with E-state index < -0.39 is 0 Å². The lowest BCUT2D eigenvalue weighted by atomic mass is 10.0. The van der Waals surface area contributed by atoms with Crippen LogP contribution in [0.25, 0.3) is 11.0 Å². The first kappa shape index (κ1) is 10.1. The molecule has 0 aliphatic heterocycles. The van der Waals surface area contributed by atoms with Gasteiger partial charge in [0.15, 0.2) is 5.82 Å². The number of halogens is 1. The fourth-order valence-electron chi connectivity index (χ4n) is 1.48. The number of hydrogen-bond acceptors (Lipinski definition) is 2. The van der Waals surface area contributed by atoms with Gasteiger partial charge in [-0.15, -0.1) is 0 Å². The number of benzene rings is 1. The van der Waals surface area contributed by atoms with Crippen molar-refractivity contribution in [2.75, 3.05) is 0 Å². The first-order valence-electron chi connectivity index (χ1n) is 4.99. The molecule has 15 heavy (non-hydrogen) atoms. The van der Waals surface area contributed by atoms with E-state index in [0.29, 0.717) is 5.52 Å². The second-order valence-electron chi connectivity index (χ2n) is 3.91. The number of para-hydroxylation sites is 1. The number of fused-ring (bicyclic) bond motifs is 1. The van der Waals surface area contributed by atoms with Crippen molar-refractivity contribution in [2.45, 2.75) is 25.8 Å². The van der Waals surface area contributed by atoms with Crippen LogP contribution in [0.3, 0.4) is 0 Å². The zero-order valence-corrected chi connectivity index (χ0v) is 8.79. The van der Waals surface area contributed by atoms with E-state index in [1.54, 1.807) is 6.07 Å². The van der Waals surface area contributed by atoms with E-state index in [0.717, 1.165) is 11.3 Å². The molecule has 0 fully saturated rings. The highest BCUT2D eigenvalue weighted by atomic mass is 19.1. The Morgan fingerprint density at radius 1 is 1.40 bits per heavy atom. The normalized spacial score (nSPS) is 15.5. The van der Waals surface area contributed by atoms with Gasteiger partial charge in [-0.05, 0) is 19.1 Å². The van der Waals surface area contributed by atoms with Crippen LogP contribution in [0.4, 0.5) is 4.39 Å². The molecule has 1 aromatic heterocycles. The Morgan fingerprint density at radius 3 is 2.73 bits per heavy atom. The molecule has 4 heteroatoms. The van der Waals surface area contributed by atoms with E-state index in [2.05, 4.69) is 9.97 Å². The average molecular weight is 207 g/mol. The van der Waals surface area contributed by atoms with Crippen LogP contribution < -0.4 is 5.73 Å². The highest BCUT2D eigenvalue weighted by molar-refractivity contribution is 5.75. The van der Waals surface area contributed by atoms with Gasteiger partial charge in [-0.25, -0.2) is 9.37 Å². The molecule has 3 N–H and O–H groups in total. The summed E-state index contributed by atoms with van der Waals surface area (Å²) < 4.78 is 13.4. The van der Waals surface area contributed by atoms with Gasteiger partial charge in [0.2, 0.25) is 0 Å². The van der Waals surface area contributed by atoms with Gasteiger partial charge in [-0.3, -0.25) is 0 Å². The molecule has 2 unspecified atom stereocenters. The number of rotatable bonds is 2. The van der Waals surface area contributed by atoms with Gasteiger partial charge in [0.05, 0.1) is 5.52 Å². The quantitative estimate of drug-likeness (QED) is 0.792. The van der Waals surface area contributed by atoms with Crippen LogP contribution in [0.1, 0.15) is 25.6 Å². The van der Waals surface area contributed by atoms with Crippen molar-refractivity contribution in [3.05, 3.63) is 29.8 Å². The van der Waals surface area contributed by atoms with E-state index in [4.69, 9.17) is 5.73 Å². The molecular formula is C11H14FN3. The largest absolute Gasteiger partial charge is 0.342 e. The van der Waals surface area contributed by atoms with E-state index in [9.17, 15) is 4.39 Å². The zero-order valence-electron chi connectivity index (χ0n) is 8.79. The number of imidazole rings is 1. The van der Waals surface area contributed by atoms with Crippen molar-refractivity contribution in [1.29, 1.82) is 0 Å². The number of aromatic amines is 1. The number of nitrogens with two attached hydrogens (primary N) is 1. The number of H-pyrrole nitrogens is 1. The summed E-state index contributed by atoms with van der Waals surface area (Å²) in [4.78, 5) is 7.31. The number of nitrogens with zero attached hydrogens (tertiary/aromatic N) is 1. The molecule has 1 aromatic carbocycles. The third-order valence-corrected chi connectivity index (χ3v) is 2.70. The molecule has 0 aliphatic rings. The van der Waals surface area contributed by atoms with E-state index in [1.165, 1.54) is 6.07 Å². The number of aromatic nitrogens is 2. The minimum Gasteiger partial charge on any atom is -0.342 e. The summed E-state index contributed by atoms with van der Waals surface area (Å²) in [6.07, 6.45) is 0. The van der Waals surface area contributed by atoms with E-state index >= 15 is 0 Å². The van der Waals surface area contributed by atoms with Gasteiger partial charge in [-0.2, -0.15) is 0 Å². The molecule has 80 valence electrons. The van der Waals surface area contributed by atoms with Crippen LogP contribution in [0.5, 0.6) is 0 Å². The Morgan fingerprint density at radius 2 is 2.13 bits per heavy atom. The Labute approximate surface area is 87.5 Å². The lowest BCUT2D eigenvalue weighted by Gasteiger charge is -2.11. The SMILES string of the molecule is CC(N)C(C)c1nc2c(F)cccc2[nH]1. The molecular weight excluding hydrogens is 193 g/mol. The minimum atomic E-state index is -0.299. The van der Waals surface area contributed by atoms with Gasteiger partial charge in [-0.1, -0.05) is 13.0 Å². The van der Waals surface area contributed by atoms with Crippen molar-refractivity contribution < 1.29 is 4.39 Å². The summed E-state index contributed by atoms with van der Waals surface area (Å²) in [6.45, 7) is 3.88. The van der Waals surface area contributed by atoms with Gasteiger partial charge in [0, 0.05) is 12.0 Å². The van der Waals surface area contributed by atoms with E-state index in [-0.39, 0.29) is 17.8 Å². The predicted octanol–water partition coefficient (Wildman–Crippen LogP) is 2.15. The van der Waals surface area contributed by atoms with Crippen molar-refractivity contribution in [3.63, 3.8) is 0 Å². The molecule has 1 heterocycles. The average Bonchev–Trinajstić information content (AvgIpc) is 2.61. The van der Waals surface area contributed by atoms with Gasteiger partial charge >= 0.3 is 0 Å². The molecule has 0 radical (unpaired) electrons. The predicted molar refractivity (Wildman–Crippen MR) is 58.1 cm³/mol. The maximum Gasteiger partial charge on any atom is 0.151 e. The molecule has 0 aliphatic carbocycles. The Bertz CT molecular complexity index is 476. The molecule has 0 saturated heterocycles. The molecule has 2 aromatic rings.